The average molecular weight is 457 g/mol. The minimum absolute atomic E-state index is 0. The van der Waals surface area contributed by atoms with Gasteiger partial charge in [-0.3, -0.25) is 0 Å². The fraction of sp³-hybridized carbons (Fsp3) is 0.391. The minimum atomic E-state index is 0. The maximum atomic E-state index is 6.48. The van der Waals surface area contributed by atoms with E-state index in [2.05, 4.69) is 11.4 Å². The van der Waals surface area contributed by atoms with Crippen molar-refractivity contribution in [1.29, 1.82) is 0 Å². The Morgan fingerprint density at radius 2 is 1.90 bits per heavy atom. The summed E-state index contributed by atoms with van der Waals surface area (Å²) in [5, 5.41) is 4.71. The van der Waals surface area contributed by atoms with Crippen molar-refractivity contribution in [1.82, 2.24) is 5.32 Å². The summed E-state index contributed by atoms with van der Waals surface area (Å²) in [6, 6.07) is 11.5. The molecular formula is C23H28Cl3NO2. The molecule has 0 aromatic heterocycles. The van der Waals surface area contributed by atoms with E-state index >= 15 is 0 Å². The first kappa shape index (κ1) is 23.9. The van der Waals surface area contributed by atoms with Gasteiger partial charge in [-0.15, -0.1) is 12.4 Å². The van der Waals surface area contributed by atoms with Crippen molar-refractivity contribution in [3.8, 4) is 11.5 Å². The number of nitrogens with one attached hydrogen (secondary N) is 1. The number of allylic oxidation sites excluding steroid dienone is 1. The Bertz CT molecular complexity index is 824. The normalized spacial score (nSPS) is 13.4. The largest absolute Gasteiger partial charge is 0.493 e. The maximum Gasteiger partial charge on any atom is 0.180 e. The van der Waals surface area contributed by atoms with Crippen molar-refractivity contribution < 1.29 is 9.47 Å². The van der Waals surface area contributed by atoms with Gasteiger partial charge < -0.3 is 14.8 Å². The van der Waals surface area contributed by atoms with Gasteiger partial charge in [-0.25, -0.2) is 0 Å². The zero-order valence-electron chi connectivity index (χ0n) is 16.7. The number of rotatable bonds is 9. The summed E-state index contributed by atoms with van der Waals surface area (Å²) in [6.07, 6.45) is 8.66. The van der Waals surface area contributed by atoms with E-state index < -0.39 is 0 Å². The number of hydrogen-bond donors (Lipinski definition) is 1. The molecule has 158 valence electrons. The molecule has 1 N–H and O–H groups in total. The van der Waals surface area contributed by atoms with Crippen LogP contribution < -0.4 is 14.8 Å². The van der Waals surface area contributed by atoms with Crippen molar-refractivity contribution in [3.63, 3.8) is 0 Å². The second-order valence-corrected chi connectivity index (χ2v) is 7.84. The first-order chi connectivity index (χ1) is 13.7. The molecular weight excluding hydrogens is 429 g/mol. The first-order valence-electron chi connectivity index (χ1n) is 9.78. The van der Waals surface area contributed by atoms with Crippen LogP contribution in [0.4, 0.5) is 0 Å². The number of hydrogen-bond acceptors (Lipinski definition) is 3. The van der Waals surface area contributed by atoms with Crippen LogP contribution in [0, 0.1) is 0 Å². The van der Waals surface area contributed by atoms with Crippen LogP contribution in [-0.2, 0) is 13.2 Å². The predicted molar refractivity (Wildman–Crippen MR) is 124 cm³/mol. The monoisotopic (exact) mass is 455 g/mol. The molecule has 1 aliphatic rings. The third-order valence-corrected chi connectivity index (χ3v) is 5.61. The minimum Gasteiger partial charge on any atom is -0.493 e. The zero-order valence-corrected chi connectivity index (χ0v) is 19.0. The van der Waals surface area contributed by atoms with E-state index in [4.69, 9.17) is 32.7 Å². The van der Waals surface area contributed by atoms with Crippen molar-refractivity contribution in [2.45, 2.75) is 45.3 Å². The van der Waals surface area contributed by atoms with Crippen molar-refractivity contribution >= 4 is 35.6 Å². The molecule has 0 atom stereocenters. The van der Waals surface area contributed by atoms with E-state index in [1.54, 1.807) is 12.7 Å². The summed E-state index contributed by atoms with van der Waals surface area (Å²) in [6.45, 7) is 2.05. The van der Waals surface area contributed by atoms with E-state index in [1.165, 1.54) is 25.7 Å². The van der Waals surface area contributed by atoms with Crippen molar-refractivity contribution in [2.24, 2.45) is 0 Å². The second kappa shape index (κ2) is 12.3. The Morgan fingerprint density at radius 1 is 1.07 bits per heavy atom. The van der Waals surface area contributed by atoms with Gasteiger partial charge in [-0.1, -0.05) is 53.1 Å². The van der Waals surface area contributed by atoms with Crippen LogP contribution in [0.25, 0.3) is 0 Å². The van der Waals surface area contributed by atoms with Crippen molar-refractivity contribution in [2.75, 3.05) is 13.7 Å². The van der Waals surface area contributed by atoms with Gasteiger partial charge in [-0.05, 0) is 62.4 Å². The van der Waals surface area contributed by atoms with Crippen LogP contribution in [0.1, 0.15) is 43.2 Å². The Kier molecular flexibility index (Phi) is 10.2. The molecule has 29 heavy (non-hydrogen) atoms. The molecule has 2 aromatic carbocycles. The molecule has 0 saturated carbocycles. The second-order valence-electron chi connectivity index (χ2n) is 7.02. The van der Waals surface area contributed by atoms with Gasteiger partial charge in [0.2, 0.25) is 0 Å². The lowest BCUT2D eigenvalue weighted by Gasteiger charge is -2.16. The molecule has 0 heterocycles. The highest BCUT2D eigenvalue weighted by atomic mass is 35.5. The Balaban J connectivity index is 0.00000300. The molecule has 0 unspecified atom stereocenters. The lowest BCUT2D eigenvalue weighted by Crippen LogP contribution is -2.16. The van der Waals surface area contributed by atoms with Gasteiger partial charge in [0.15, 0.2) is 11.5 Å². The van der Waals surface area contributed by atoms with Crippen LogP contribution >= 0.6 is 35.6 Å². The summed E-state index contributed by atoms with van der Waals surface area (Å²) >= 11 is 12.7. The topological polar surface area (TPSA) is 30.5 Å². The molecule has 0 saturated heterocycles. The van der Waals surface area contributed by atoms with E-state index in [-0.39, 0.29) is 12.4 Å². The van der Waals surface area contributed by atoms with E-state index in [0.717, 1.165) is 30.6 Å². The fourth-order valence-electron chi connectivity index (χ4n) is 3.39. The highest BCUT2D eigenvalue weighted by Gasteiger charge is 2.13. The number of halogens is 3. The maximum absolute atomic E-state index is 6.48. The molecule has 3 nitrogen and oxygen atoms in total. The van der Waals surface area contributed by atoms with E-state index in [0.29, 0.717) is 28.2 Å². The molecule has 6 heteroatoms. The summed E-state index contributed by atoms with van der Waals surface area (Å²) in [5.74, 6) is 1.17. The van der Waals surface area contributed by atoms with Gasteiger partial charge in [-0.2, -0.15) is 0 Å². The molecule has 3 rings (SSSR count). The number of ether oxygens (including phenoxy) is 2. The Morgan fingerprint density at radius 3 is 2.62 bits per heavy atom. The smallest absolute Gasteiger partial charge is 0.180 e. The van der Waals surface area contributed by atoms with Crippen molar-refractivity contribution in [3.05, 3.63) is 69.2 Å². The highest BCUT2D eigenvalue weighted by Crippen LogP contribution is 2.37. The fourth-order valence-corrected chi connectivity index (χ4v) is 3.87. The molecule has 0 bridgehead atoms. The molecule has 0 radical (unpaired) electrons. The molecule has 0 aliphatic heterocycles. The molecule has 2 aromatic rings. The van der Waals surface area contributed by atoms with Gasteiger partial charge in [0.25, 0.3) is 0 Å². The van der Waals surface area contributed by atoms with Crippen LogP contribution in [-0.4, -0.2) is 13.7 Å². The lowest BCUT2D eigenvalue weighted by atomic mass is 9.97. The number of methoxy groups -OCH3 is 1. The summed E-state index contributed by atoms with van der Waals surface area (Å²) in [5.41, 5.74) is 3.56. The van der Waals surface area contributed by atoms with Crippen LogP contribution in [0.15, 0.2) is 48.0 Å². The predicted octanol–water partition coefficient (Wildman–Crippen LogP) is 6.98. The van der Waals surface area contributed by atoms with Gasteiger partial charge >= 0.3 is 0 Å². The van der Waals surface area contributed by atoms with Gasteiger partial charge in [0.1, 0.15) is 6.61 Å². The van der Waals surface area contributed by atoms with Gasteiger partial charge in [0.05, 0.1) is 12.1 Å². The first-order valence-corrected chi connectivity index (χ1v) is 10.5. The molecule has 1 aliphatic carbocycles. The summed E-state index contributed by atoms with van der Waals surface area (Å²) in [7, 11) is 1.63. The summed E-state index contributed by atoms with van der Waals surface area (Å²) in [4.78, 5) is 0. The highest BCUT2D eigenvalue weighted by molar-refractivity contribution is 6.32. The van der Waals surface area contributed by atoms with Crippen LogP contribution in [0.5, 0.6) is 11.5 Å². The standard InChI is InChI=1S/C23H27Cl2NO2.ClH/c1-27-22-14-18(15-26-12-11-17-7-3-2-4-8-17)13-21(25)23(22)28-16-19-9-5-6-10-20(19)24;/h5-7,9-10,13-14,26H,2-4,8,11-12,15-16H2,1H3;1H. The Labute approximate surface area is 189 Å². The zero-order chi connectivity index (χ0) is 19.8. The van der Waals surface area contributed by atoms with Crippen LogP contribution in [0.3, 0.4) is 0 Å². The summed E-state index contributed by atoms with van der Waals surface area (Å²) < 4.78 is 11.4. The van der Waals surface area contributed by atoms with E-state index in [1.807, 2.05) is 36.4 Å². The molecule has 0 fully saturated rings. The SMILES string of the molecule is COc1cc(CNCCC2=CCCCC2)cc(Cl)c1OCc1ccccc1Cl.Cl. The average Bonchev–Trinajstić information content (AvgIpc) is 2.72. The van der Waals surface area contributed by atoms with Crippen LogP contribution in [0.2, 0.25) is 10.0 Å². The number of benzene rings is 2. The van der Waals surface area contributed by atoms with E-state index in [9.17, 15) is 0 Å². The molecule has 0 amide bonds. The molecule has 0 spiro atoms. The third kappa shape index (κ3) is 7.11. The third-order valence-electron chi connectivity index (χ3n) is 4.96. The quantitative estimate of drug-likeness (QED) is 0.326. The lowest BCUT2D eigenvalue weighted by molar-refractivity contribution is 0.284. The van der Waals surface area contributed by atoms with Gasteiger partial charge in [0, 0.05) is 17.1 Å². The Hall–Kier alpha value is -1.39.